The second-order valence-electron chi connectivity index (χ2n) is 31.8. The number of sulfone groups is 3. The molecule has 5 fully saturated rings. The highest BCUT2D eigenvalue weighted by Gasteiger charge is 2.56. The quantitative estimate of drug-likeness (QED) is 0.0815. The van der Waals surface area contributed by atoms with Gasteiger partial charge in [-0.3, -0.25) is 29.3 Å². The van der Waals surface area contributed by atoms with E-state index in [1.54, 1.807) is 144 Å². The fourth-order valence-electron chi connectivity index (χ4n) is 18.1. The van der Waals surface area contributed by atoms with Crippen LogP contribution in [0.2, 0.25) is 0 Å². The van der Waals surface area contributed by atoms with E-state index in [1.165, 1.54) is 36.4 Å². The smallest absolute Gasteiger partial charge is 0.191 e. The van der Waals surface area contributed by atoms with Gasteiger partial charge in [0.1, 0.15) is 34.5 Å². The molecule has 582 valence electrons. The molecule has 7 aliphatic carbocycles. The maximum absolute atomic E-state index is 14.4. The Labute approximate surface area is 655 Å². The maximum atomic E-state index is 14.4. The van der Waals surface area contributed by atoms with E-state index in [2.05, 4.69) is 30.2 Å². The van der Waals surface area contributed by atoms with E-state index in [4.69, 9.17) is 4.74 Å². The minimum atomic E-state index is -3.67. The number of Topliss-reactive ketones (excluding diaryl/α,β-unsaturated/α-hetero) is 3. The van der Waals surface area contributed by atoms with Gasteiger partial charge in [-0.05, 0) is 298 Å². The largest absolute Gasteiger partial charge is 0.381 e. The van der Waals surface area contributed by atoms with Crippen LogP contribution in [0.5, 0.6) is 0 Å². The summed E-state index contributed by atoms with van der Waals surface area (Å²) < 4.78 is 133. The highest BCUT2D eigenvalue weighted by atomic mass is 32.2. The Morgan fingerprint density at radius 2 is 0.894 bits per heavy atom. The Bertz CT molecular complexity index is 5820. The Kier molecular flexibility index (Phi) is 20.6. The van der Waals surface area contributed by atoms with Crippen LogP contribution in [0.25, 0.3) is 35.3 Å². The number of allylic oxidation sites excluding steroid dienone is 3. The molecule has 0 spiro atoms. The molecule has 10 aromatic rings. The number of pyridine rings is 3. The number of aromatic nitrogens is 9. The lowest BCUT2D eigenvalue weighted by molar-refractivity contribution is 0.0788. The van der Waals surface area contributed by atoms with Gasteiger partial charge in [0, 0.05) is 31.8 Å². The van der Waals surface area contributed by atoms with Crippen LogP contribution in [0.4, 0.5) is 13.2 Å². The van der Waals surface area contributed by atoms with Gasteiger partial charge in [-0.1, -0.05) is 46.5 Å². The third-order valence-electron chi connectivity index (χ3n) is 24.5. The van der Waals surface area contributed by atoms with Gasteiger partial charge in [0.05, 0.1) is 100 Å². The Morgan fingerprint density at radius 3 is 1.34 bits per heavy atom. The van der Waals surface area contributed by atoms with Crippen molar-refractivity contribution in [1.82, 2.24) is 44.3 Å². The Hall–Kier alpha value is -10.2. The highest BCUT2D eigenvalue weighted by Crippen LogP contribution is 2.56. The highest BCUT2D eigenvalue weighted by molar-refractivity contribution is 7.93. The molecule has 113 heavy (non-hydrogen) atoms. The summed E-state index contributed by atoms with van der Waals surface area (Å²) in [6, 6.07) is 37.9. The summed E-state index contributed by atoms with van der Waals surface area (Å²) in [5.41, 5.74) is 11.1. The summed E-state index contributed by atoms with van der Waals surface area (Å²) in [5.74, 6) is -0.882. The van der Waals surface area contributed by atoms with Crippen LogP contribution in [0, 0.1) is 47.5 Å². The number of hydrogen-bond donors (Lipinski definition) is 0. The first-order valence-corrected chi connectivity index (χ1v) is 43.4. The standard InChI is InChI=1S/C31H32FN3O4S.C31H28FN3O3S.C26H26FN3O3S/c32-24-5-7-25(8-6-24)35-29-15-23-4-9-27(40(37,38)26-11-13-39-14-12-26)17-31(23,16-22(29)19-34-35)30(36)28-10-3-21(18-33-28)20-1-2-20;1-20-3-10-26(11-4-20)39(37,38)27-12-5-23-16-29-22(19-34-35(29)25-8-6-24(32)7-9-25)17-31(23,18-27)30(36)28-15-21(2)13-14-33-28;1-17(2)34(32,33)22-11-6-19-13-24-18(16-29-30(24)21-9-7-20(27)8-10-21)14-26(19,15-22)25(31)23-5-3-4-12-28-23/h3,5-8,10,15,18-20,26-27H,1-2,4,9,11-14,16-17H2;3-4,6-11,13-16,19,27H,5,12,17-18H2,1-2H3;3-5,7-10,12-13,16-17,22H,6,11,14-15H2,1-2H3/t2*27-,31-;22-,26-/m000/s1. The summed E-state index contributed by atoms with van der Waals surface area (Å²) in [4.78, 5) is 56.3. The fourth-order valence-corrected chi connectivity index (χ4v) is 24.0. The number of fused-ring (bicyclic) bond motifs is 6. The Morgan fingerprint density at radius 1 is 0.451 bits per heavy atom. The van der Waals surface area contributed by atoms with E-state index in [1.807, 2.05) is 56.5 Å². The van der Waals surface area contributed by atoms with Crippen LogP contribution in [0.15, 0.2) is 198 Å². The molecule has 1 aliphatic heterocycles. The molecule has 25 heteroatoms. The number of ketones is 3. The normalized spacial score (nSPS) is 22.7. The van der Waals surface area contributed by atoms with Crippen molar-refractivity contribution >= 4 is 65.1 Å². The monoisotopic (exact) mass is 1580 g/mol. The van der Waals surface area contributed by atoms with E-state index in [9.17, 15) is 52.8 Å². The molecule has 6 atom stereocenters. The van der Waals surface area contributed by atoms with Gasteiger partial charge in [-0.25, -0.2) is 52.5 Å². The first-order chi connectivity index (χ1) is 54.2. The molecule has 19 nitrogen and oxygen atoms in total. The van der Waals surface area contributed by atoms with Gasteiger partial charge in [0.15, 0.2) is 46.9 Å². The van der Waals surface area contributed by atoms with Crippen molar-refractivity contribution in [2.75, 3.05) is 13.2 Å². The molecule has 6 aromatic heterocycles. The fraction of sp³-hybridized carbons (Fsp3) is 0.352. The number of hydrogen-bond acceptors (Lipinski definition) is 16. The number of halogens is 3. The van der Waals surface area contributed by atoms with Crippen molar-refractivity contribution in [3.05, 3.63) is 278 Å². The van der Waals surface area contributed by atoms with Gasteiger partial charge < -0.3 is 4.74 Å². The SMILES string of the molecule is CC(C)S(=O)(=O)[C@H]1CCC2=Cc3c(cnn3-c3ccc(F)cc3)C[C@]2(C(=O)c2ccccn2)C1.Cc1ccc(S(=O)(=O)[C@H]2CCC3=Cc4c(cnn4-c4ccc(F)cc4)C[C@]3(C(=O)c3cc(C)ccn3)C2)cc1.O=C(c1ccc(C2CC2)cn1)[C@]12Cc3cnn(-c4ccc(F)cc4)c3C=C1CC[C@H](S(=O)(=O)C1CCOCC1)C2. The summed E-state index contributed by atoms with van der Waals surface area (Å²) in [5, 5.41) is 10.8. The lowest BCUT2D eigenvalue weighted by Crippen LogP contribution is -2.48. The molecule has 0 radical (unpaired) electrons. The van der Waals surface area contributed by atoms with Crippen molar-refractivity contribution < 1.29 is 57.5 Å². The minimum absolute atomic E-state index is 0.117. The van der Waals surface area contributed by atoms with E-state index in [0.29, 0.717) is 113 Å². The lowest BCUT2D eigenvalue weighted by atomic mass is 9.61. The molecule has 8 aliphatic rings. The molecule has 0 amide bonds. The zero-order chi connectivity index (χ0) is 78.9. The average molecular weight is 1580 g/mol. The molecule has 4 aromatic carbocycles. The third kappa shape index (κ3) is 14.5. The van der Waals surface area contributed by atoms with Gasteiger partial charge in [0.25, 0.3) is 0 Å². The van der Waals surface area contributed by atoms with Gasteiger partial charge in [-0.15, -0.1) is 0 Å². The number of nitrogens with zero attached hydrogens (tertiary/aromatic N) is 9. The number of benzene rings is 4. The van der Waals surface area contributed by atoms with Crippen LogP contribution in [-0.4, -0.2) is 126 Å². The molecule has 1 saturated heterocycles. The molecular formula is C88H86F3N9O10S3. The van der Waals surface area contributed by atoms with E-state index < -0.39 is 72.0 Å². The third-order valence-corrected chi connectivity index (χ3v) is 32.1. The first-order valence-electron chi connectivity index (χ1n) is 38.6. The van der Waals surface area contributed by atoms with Crippen molar-refractivity contribution in [3.63, 3.8) is 0 Å². The maximum Gasteiger partial charge on any atom is 0.191 e. The zero-order valence-electron chi connectivity index (χ0n) is 63.1. The van der Waals surface area contributed by atoms with Crippen LogP contribution in [0.3, 0.4) is 0 Å². The van der Waals surface area contributed by atoms with Gasteiger partial charge in [-0.2, -0.15) is 15.3 Å². The lowest BCUT2D eigenvalue weighted by Gasteiger charge is -2.44. The van der Waals surface area contributed by atoms with Crippen LogP contribution < -0.4 is 0 Å². The zero-order valence-corrected chi connectivity index (χ0v) is 65.6. The molecule has 18 rings (SSSR count). The second-order valence-corrected chi connectivity index (χ2v) is 39.3. The second kappa shape index (κ2) is 30.3. The summed E-state index contributed by atoms with van der Waals surface area (Å²) in [6.45, 7) is 8.12. The van der Waals surface area contributed by atoms with Crippen LogP contribution >= 0.6 is 0 Å². The minimum Gasteiger partial charge on any atom is -0.381 e. The number of rotatable bonds is 16. The van der Waals surface area contributed by atoms with Crippen molar-refractivity contribution in [2.45, 2.75) is 167 Å². The van der Waals surface area contributed by atoms with Crippen molar-refractivity contribution in [2.24, 2.45) is 16.2 Å². The number of ether oxygens (including phenoxy) is 1. The predicted molar refractivity (Wildman–Crippen MR) is 423 cm³/mol. The van der Waals surface area contributed by atoms with Crippen molar-refractivity contribution in [3.8, 4) is 17.1 Å². The molecule has 0 bridgehead atoms. The summed E-state index contributed by atoms with van der Waals surface area (Å²) in [7, 11) is -10.5. The Balaban J connectivity index is 0.000000128. The molecule has 0 N–H and O–H groups in total. The predicted octanol–water partition coefficient (Wildman–Crippen LogP) is 15.7. The van der Waals surface area contributed by atoms with E-state index >= 15 is 0 Å². The molecular weight excluding hydrogens is 1500 g/mol. The van der Waals surface area contributed by atoms with Crippen molar-refractivity contribution in [1.29, 1.82) is 0 Å². The van der Waals surface area contributed by atoms with E-state index in [0.717, 1.165) is 91.4 Å². The topological polar surface area (TPSA) is 255 Å². The number of carbonyl (C=O) groups is 3. The summed E-state index contributed by atoms with van der Waals surface area (Å²) >= 11 is 0. The van der Waals surface area contributed by atoms with Crippen LogP contribution in [0.1, 0.15) is 185 Å². The number of aryl methyl sites for hydroxylation is 2. The van der Waals surface area contributed by atoms with E-state index in [-0.39, 0.29) is 59.0 Å². The summed E-state index contributed by atoms with van der Waals surface area (Å²) in [6.07, 6.45) is 24.0. The first kappa shape index (κ1) is 76.8. The molecule has 4 saturated carbocycles. The average Bonchev–Trinajstić information content (AvgIpc) is 1.73. The van der Waals surface area contributed by atoms with Crippen LogP contribution in [-0.2, 0) is 53.5 Å². The van der Waals surface area contributed by atoms with Gasteiger partial charge in [0.2, 0.25) is 0 Å². The van der Waals surface area contributed by atoms with Gasteiger partial charge >= 0.3 is 0 Å². The number of carbonyl (C=O) groups excluding carboxylic acids is 3. The molecule has 7 heterocycles. The molecule has 0 unspecified atom stereocenters.